The maximum atomic E-state index is 14.2. The Labute approximate surface area is 173 Å². The Morgan fingerprint density at radius 2 is 1.93 bits per heavy atom. The molecule has 2 N–H and O–H groups in total. The zero-order valence-corrected chi connectivity index (χ0v) is 17.1. The highest BCUT2D eigenvalue weighted by Crippen LogP contribution is 2.27. The molecular weight excluding hydrogens is 383 g/mol. The van der Waals surface area contributed by atoms with Crippen molar-refractivity contribution < 1.29 is 9.50 Å². The van der Waals surface area contributed by atoms with E-state index < -0.39 is 11.4 Å². The molecule has 7 nitrogen and oxygen atoms in total. The first kappa shape index (κ1) is 19.9. The lowest BCUT2D eigenvalue weighted by atomic mass is 10.1. The van der Waals surface area contributed by atoms with E-state index in [2.05, 4.69) is 25.4 Å². The maximum absolute atomic E-state index is 14.2. The highest BCUT2D eigenvalue weighted by Gasteiger charge is 2.14. The van der Waals surface area contributed by atoms with Crippen molar-refractivity contribution in [1.82, 2.24) is 24.7 Å². The third-order valence-electron chi connectivity index (χ3n) is 4.67. The Kier molecular flexibility index (Phi) is 5.17. The van der Waals surface area contributed by atoms with Crippen LogP contribution in [0.3, 0.4) is 0 Å². The van der Waals surface area contributed by atoms with E-state index in [0.717, 1.165) is 22.6 Å². The zero-order chi connectivity index (χ0) is 21.3. The maximum Gasteiger partial charge on any atom is 0.151 e. The number of aliphatic hydroxyl groups is 1. The molecule has 0 saturated carbocycles. The molecule has 0 aliphatic carbocycles. The molecule has 0 unspecified atom stereocenters. The number of hydrogen-bond acceptors (Lipinski definition) is 6. The molecule has 4 aromatic rings. The van der Waals surface area contributed by atoms with E-state index in [1.165, 1.54) is 6.07 Å². The molecule has 0 aliphatic heterocycles. The summed E-state index contributed by atoms with van der Waals surface area (Å²) in [4.78, 5) is 12.9. The van der Waals surface area contributed by atoms with Crippen LogP contribution in [0.2, 0.25) is 0 Å². The summed E-state index contributed by atoms with van der Waals surface area (Å²) in [5, 5.41) is 17.9. The number of rotatable bonds is 6. The van der Waals surface area contributed by atoms with E-state index in [4.69, 9.17) is 0 Å². The quantitative estimate of drug-likeness (QED) is 0.498. The molecule has 30 heavy (non-hydrogen) atoms. The molecule has 0 aromatic carbocycles. The van der Waals surface area contributed by atoms with Gasteiger partial charge >= 0.3 is 0 Å². The Morgan fingerprint density at radius 1 is 1.13 bits per heavy atom. The molecule has 4 rings (SSSR count). The monoisotopic (exact) mass is 406 g/mol. The largest absolute Gasteiger partial charge is 0.390 e. The van der Waals surface area contributed by atoms with E-state index in [1.807, 2.05) is 19.2 Å². The summed E-state index contributed by atoms with van der Waals surface area (Å²) in [6, 6.07) is 8.41. The molecule has 0 radical (unpaired) electrons. The smallest absolute Gasteiger partial charge is 0.151 e. The number of hydrogen-bond donors (Lipinski definition) is 2. The fraction of sp³-hybridized carbons (Fsp3) is 0.273. The molecule has 4 aromatic heterocycles. The van der Waals surface area contributed by atoms with Gasteiger partial charge in [0.2, 0.25) is 0 Å². The summed E-state index contributed by atoms with van der Waals surface area (Å²) in [6.07, 6.45) is 5.75. The van der Waals surface area contributed by atoms with Gasteiger partial charge in [-0.15, -0.1) is 0 Å². The predicted octanol–water partition coefficient (Wildman–Crippen LogP) is 4.24. The molecule has 0 fully saturated rings. The minimum absolute atomic E-state index is 0.217. The molecule has 0 spiro atoms. The Bertz CT molecular complexity index is 1200. The van der Waals surface area contributed by atoms with Crippen LogP contribution in [0.5, 0.6) is 0 Å². The molecule has 0 amide bonds. The van der Waals surface area contributed by atoms with Gasteiger partial charge in [0.05, 0.1) is 23.2 Å². The second kappa shape index (κ2) is 7.79. The minimum atomic E-state index is -0.765. The molecule has 154 valence electrons. The number of pyridine rings is 3. The molecule has 0 atom stereocenters. The standard InChI is InChI=1S/C22H23FN6O/c1-14-4-5-16(23)20(26-14)18-12-15(6-9-24-18)27-17-7-10-25-19-13-29(28-21(17)19)11-8-22(2,3)30/h4-7,9-10,12-13,30H,8,11H2,1-3H3,(H,24,27). The minimum Gasteiger partial charge on any atom is -0.390 e. The highest BCUT2D eigenvalue weighted by molar-refractivity contribution is 5.89. The van der Waals surface area contributed by atoms with Crippen LogP contribution in [-0.4, -0.2) is 35.4 Å². The second-order valence-electron chi connectivity index (χ2n) is 7.88. The van der Waals surface area contributed by atoms with Gasteiger partial charge < -0.3 is 10.4 Å². The van der Waals surface area contributed by atoms with Gasteiger partial charge in [0, 0.05) is 30.3 Å². The summed E-state index contributed by atoms with van der Waals surface area (Å²) in [5.74, 6) is -0.415. The fourth-order valence-electron chi connectivity index (χ4n) is 3.08. The van der Waals surface area contributed by atoms with Crippen molar-refractivity contribution in [2.24, 2.45) is 0 Å². The van der Waals surface area contributed by atoms with Gasteiger partial charge in [0.25, 0.3) is 0 Å². The molecule has 0 saturated heterocycles. The first-order chi connectivity index (χ1) is 14.3. The number of anilines is 2. The van der Waals surface area contributed by atoms with Crippen molar-refractivity contribution in [1.29, 1.82) is 0 Å². The van der Waals surface area contributed by atoms with Crippen molar-refractivity contribution >= 4 is 22.4 Å². The van der Waals surface area contributed by atoms with Gasteiger partial charge in [-0.3, -0.25) is 14.6 Å². The predicted molar refractivity (Wildman–Crippen MR) is 114 cm³/mol. The van der Waals surface area contributed by atoms with Crippen LogP contribution < -0.4 is 5.32 Å². The lowest BCUT2D eigenvalue weighted by molar-refractivity contribution is 0.0651. The summed E-state index contributed by atoms with van der Waals surface area (Å²) in [6.45, 7) is 5.94. The van der Waals surface area contributed by atoms with E-state index in [0.29, 0.717) is 24.2 Å². The average molecular weight is 406 g/mol. The lowest BCUT2D eigenvalue weighted by Crippen LogP contribution is -2.21. The molecule has 0 bridgehead atoms. The van der Waals surface area contributed by atoms with Crippen molar-refractivity contribution in [3.05, 3.63) is 60.4 Å². The van der Waals surface area contributed by atoms with Gasteiger partial charge in [0.15, 0.2) is 5.82 Å². The van der Waals surface area contributed by atoms with Crippen molar-refractivity contribution in [3.8, 4) is 11.4 Å². The SMILES string of the molecule is Cc1ccc(F)c(-c2cc(Nc3ccnc4cn(CCC(C)(C)O)nc34)ccn2)n1. The van der Waals surface area contributed by atoms with Crippen LogP contribution >= 0.6 is 0 Å². The van der Waals surface area contributed by atoms with Crippen LogP contribution in [0.15, 0.2) is 48.9 Å². The van der Waals surface area contributed by atoms with E-state index in [-0.39, 0.29) is 5.69 Å². The second-order valence-corrected chi connectivity index (χ2v) is 7.88. The summed E-state index contributed by atoms with van der Waals surface area (Å²) in [7, 11) is 0. The lowest BCUT2D eigenvalue weighted by Gasteiger charge is -2.16. The number of fused-ring (bicyclic) bond motifs is 1. The molecule has 0 aliphatic rings. The van der Waals surface area contributed by atoms with E-state index in [9.17, 15) is 9.50 Å². The third kappa shape index (κ3) is 4.44. The Hall–Kier alpha value is -3.39. The summed E-state index contributed by atoms with van der Waals surface area (Å²) >= 11 is 0. The van der Waals surface area contributed by atoms with Crippen LogP contribution in [0, 0.1) is 12.7 Å². The Morgan fingerprint density at radius 3 is 2.73 bits per heavy atom. The fourth-order valence-corrected chi connectivity index (χ4v) is 3.08. The zero-order valence-electron chi connectivity index (χ0n) is 17.1. The number of aryl methyl sites for hydroxylation is 2. The van der Waals surface area contributed by atoms with Gasteiger partial charge in [-0.25, -0.2) is 9.37 Å². The number of halogens is 1. The van der Waals surface area contributed by atoms with Gasteiger partial charge in [-0.05, 0) is 57.5 Å². The van der Waals surface area contributed by atoms with Crippen molar-refractivity contribution in [2.75, 3.05) is 5.32 Å². The average Bonchev–Trinajstić information content (AvgIpc) is 3.12. The van der Waals surface area contributed by atoms with E-state index >= 15 is 0 Å². The highest BCUT2D eigenvalue weighted by atomic mass is 19.1. The number of nitrogens with zero attached hydrogens (tertiary/aromatic N) is 5. The number of nitrogens with one attached hydrogen (secondary N) is 1. The van der Waals surface area contributed by atoms with Gasteiger partial charge in [-0.2, -0.15) is 5.10 Å². The van der Waals surface area contributed by atoms with Crippen molar-refractivity contribution in [2.45, 2.75) is 39.3 Å². The van der Waals surface area contributed by atoms with Gasteiger partial charge in [-0.1, -0.05) is 0 Å². The molecular formula is C22H23FN6O. The number of aromatic nitrogens is 5. The van der Waals surface area contributed by atoms with E-state index in [1.54, 1.807) is 49.1 Å². The van der Waals surface area contributed by atoms with Crippen LogP contribution in [0.25, 0.3) is 22.4 Å². The molecule has 4 heterocycles. The summed E-state index contributed by atoms with van der Waals surface area (Å²) in [5.41, 5.74) is 3.59. The normalized spacial score (nSPS) is 11.8. The first-order valence-corrected chi connectivity index (χ1v) is 9.70. The van der Waals surface area contributed by atoms with Gasteiger partial charge in [0.1, 0.15) is 16.7 Å². The van der Waals surface area contributed by atoms with Crippen LogP contribution in [0.1, 0.15) is 26.0 Å². The summed E-state index contributed by atoms with van der Waals surface area (Å²) < 4.78 is 16.0. The third-order valence-corrected chi connectivity index (χ3v) is 4.67. The Balaban J connectivity index is 1.63. The van der Waals surface area contributed by atoms with Crippen LogP contribution in [-0.2, 0) is 6.54 Å². The molecule has 8 heteroatoms. The van der Waals surface area contributed by atoms with Crippen LogP contribution in [0.4, 0.5) is 15.8 Å². The first-order valence-electron chi connectivity index (χ1n) is 9.70. The van der Waals surface area contributed by atoms with Crippen molar-refractivity contribution in [3.63, 3.8) is 0 Å². The topological polar surface area (TPSA) is 88.8 Å².